The number of hydrogen-bond donors (Lipinski definition) is 3. The van der Waals surface area contributed by atoms with Crippen LogP contribution in [0.5, 0.6) is 0 Å². The third-order valence-corrected chi connectivity index (χ3v) is 5.89. The van der Waals surface area contributed by atoms with Crippen molar-refractivity contribution in [3.05, 3.63) is 36.2 Å². The predicted octanol–water partition coefficient (Wildman–Crippen LogP) is 0.985. The van der Waals surface area contributed by atoms with E-state index in [0.29, 0.717) is 24.0 Å². The number of nitrogens with one attached hydrogen (secondary N) is 2. The number of aromatic amines is 1. The lowest BCUT2D eigenvalue weighted by molar-refractivity contribution is 0.0868. The molecule has 1 aliphatic carbocycles. The van der Waals surface area contributed by atoms with Crippen LogP contribution in [0, 0.1) is 5.92 Å². The van der Waals surface area contributed by atoms with Crippen LogP contribution in [0.1, 0.15) is 47.9 Å². The fourth-order valence-corrected chi connectivity index (χ4v) is 4.28. The molecule has 1 amide bonds. The first-order valence-corrected chi connectivity index (χ1v) is 9.78. The van der Waals surface area contributed by atoms with Gasteiger partial charge in [-0.15, -0.1) is 0 Å². The number of carbonyl (C=O) groups is 1. The van der Waals surface area contributed by atoms with Crippen LogP contribution in [-0.4, -0.2) is 67.9 Å². The minimum absolute atomic E-state index is 0.189. The van der Waals surface area contributed by atoms with E-state index in [1.807, 2.05) is 16.9 Å². The van der Waals surface area contributed by atoms with Gasteiger partial charge in [-0.1, -0.05) is 0 Å². The summed E-state index contributed by atoms with van der Waals surface area (Å²) in [6.45, 7) is 2.87. The molecule has 1 saturated carbocycles. The SMILES string of the molecule is CN1CCC(c2ncc(C(=O)N[C@@H]3CC(Cn4cccn4)C[C@H]3O)[nH]2)CC1. The van der Waals surface area contributed by atoms with Crippen molar-refractivity contribution in [3.63, 3.8) is 0 Å². The van der Waals surface area contributed by atoms with Gasteiger partial charge in [-0.05, 0) is 57.8 Å². The van der Waals surface area contributed by atoms with E-state index in [4.69, 9.17) is 0 Å². The number of nitrogens with zero attached hydrogens (tertiary/aromatic N) is 4. The molecule has 3 heterocycles. The number of aliphatic hydroxyl groups is 1. The number of amides is 1. The summed E-state index contributed by atoms with van der Waals surface area (Å²) in [6.07, 6.45) is 8.32. The van der Waals surface area contributed by atoms with E-state index in [0.717, 1.165) is 44.7 Å². The number of rotatable bonds is 5. The maximum atomic E-state index is 12.6. The maximum Gasteiger partial charge on any atom is 0.269 e. The highest BCUT2D eigenvalue weighted by molar-refractivity contribution is 5.92. The summed E-state index contributed by atoms with van der Waals surface area (Å²) in [5.41, 5.74) is 0.478. The van der Waals surface area contributed by atoms with Gasteiger partial charge in [-0.3, -0.25) is 9.48 Å². The molecule has 0 bridgehead atoms. The van der Waals surface area contributed by atoms with Gasteiger partial charge in [0.25, 0.3) is 5.91 Å². The maximum absolute atomic E-state index is 12.6. The van der Waals surface area contributed by atoms with E-state index < -0.39 is 6.10 Å². The van der Waals surface area contributed by atoms with Gasteiger partial charge >= 0.3 is 0 Å². The minimum atomic E-state index is -0.522. The second kappa shape index (κ2) is 7.82. The topological polar surface area (TPSA) is 99.1 Å². The molecule has 27 heavy (non-hydrogen) atoms. The predicted molar refractivity (Wildman–Crippen MR) is 100 cm³/mol. The minimum Gasteiger partial charge on any atom is -0.391 e. The Morgan fingerprint density at radius 2 is 2.19 bits per heavy atom. The van der Waals surface area contributed by atoms with Crippen LogP contribution >= 0.6 is 0 Å². The van der Waals surface area contributed by atoms with E-state index in [2.05, 4.69) is 32.3 Å². The Labute approximate surface area is 159 Å². The zero-order valence-electron chi connectivity index (χ0n) is 15.7. The molecule has 1 saturated heterocycles. The summed E-state index contributed by atoms with van der Waals surface area (Å²) in [5, 5.41) is 17.5. The number of imidazole rings is 1. The zero-order valence-corrected chi connectivity index (χ0v) is 15.7. The summed E-state index contributed by atoms with van der Waals surface area (Å²) >= 11 is 0. The van der Waals surface area contributed by atoms with Gasteiger partial charge in [0, 0.05) is 24.9 Å². The van der Waals surface area contributed by atoms with Crippen LogP contribution in [0.3, 0.4) is 0 Å². The molecule has 8 heteroatoms. The molecular weight excluding hydrogens is 344 g/mol. The molecule has 8 nitrogen and oxygen atoms in total. The quantitative estimate of drug-likeness (QED) is 0.727. The Morgan fingerprint density at radius 3 is 2.93 bits per heavy atom. The molecule has 146 valence electrons. The number of aliphatic hydroxyl groups excluding tert-OH is 1. The monoisotopic (exact) mass is 372 g/mol. The first-order chi connectivity index (χ1) is 13.1. The lowest BCUT2D eigenvalue weighted by Gasteiger charge is -2.27. The van der Waals surface area contributed by atoms with Crippen molar-refractivity contribution in [1.82, 2.24) is 30.0 Å². The number of aromatic nitrogens is 4. The van der Waals surface area contributed by atoms with Crippen molar-refractivity contribution in [2.45, 2.75) is 50.3 Å². The van der Waals surface area contributed by atoms with Gasteiger partial charge in [0.2, 0.25) is 0 Å². The van der Waals surface area contributed by atoms with Crippen molar-refractivity contribution in [2.75, 3.05) is 20.1 Å². The van der Waals surface area contributed by atoms with E-state index in [-0.39, 0.29) is 11.9 Å². The third-order valence-electron chi connectivity index (χ3n) is 5.89. The van der Waals surface area contributed by atoms with Crippen LogP contribution < -0.4 is 5.32 Å². The molecule has 2 aliphatic rings. The lowest BCUT2D eigenvalue weighted by atomic mass is 9.97. The fraction of sp³-hybridized carbons (Fsp3) is 0.632. The van der Waals surface area contributed by atoms with Crippen molar-refractivity contribution in [3.8, 4) is 0 Å². The van der Waals surface area contributed by atoms with Crippen LogP contribution in [0.25, 0.3) is 0 Å². The Hall–Kier alpha value is -2.19. The molecule has 3 N–H and O–H groups in total. The Morgan fingerprint density at radius 1 is 1.37 bits per heavy atom. The molecule has 0 aromatic carbocycles. The largest absolute Gasteiger partial charge is 0.391 e. The van der Waals surface area contributed by atoms with E-state index in [1.54, 1.807) is 12.4 Å². The normalized spacial score (nSPS) is 27.1. The highest BCUT2D eigenvalue weighted by Gasteiger charge is 2.34. The van der Waals surface area contributed by atoms with Crippen LogP contribution in [0.15, 0.2) is 24.7 Å². The summed E-state index contributed by atoms with van der Waals surface area (Å²) in [7, 11) is 2.13. The molecule has 0 spiro atoms. The van der Waals surface area contributed by atoms with Gasteiger partial charge in [-0.25, -0.2) is 4.98 Å². The van der Waals surface area contributed by atoms with Gasteiger partial charge in [0.05, 0.1) is 18.3 Å². The van der Waals surface area contributed by atoms with Gasteiger partial charge in [-0.2, -0.15) is 5.10 Å². The molecule has 4 rings (SSSR count). The van der Waals surface area contributed by atoms with Crippen molar-refractivity contribution in [1.29, 1.82) is 0 Å². The fourth-order valence-electron chi connectivity index (χ4n) is 4.28. The van der Waals surface area contributed by atoms with E-state index in [9.17, 15) is 9.90 Å². The molecule has 2 fully saturated rings. The molecule has 1 aliphatic heterocycles. The van der Waals surface area contributed by atoms with Gasteiger partial charge < -0.3 is 20.3 Å². The Balaban J connectivity index is 1.32. The molecule has 2 aromatic rings. The lowest BCUT2D eigenvalue weighted by Crippen LogP contribution is -2.40. The van der Waals surface area contributed by atoms with E-state index >= 15 is 0 Å². The highest BCUT2D eigenvalue weighted by Crippen LogP contribution is 2.28. The highest BCUT2D eigenvalue weighted by atomic mass is 16.3. The van der Waals surface area contributed by atoms with Crippen LogP contribution in [0.2, 0.25) is 0 Å². The molecule has 2 aromatic heterocycles. The summed E-state index contributed by atoms with van der Waals surface area (Å²) in [4.78, 5) is 22.5. The molecule has 1 unspecified atom stereocenters. The first-order valence-electron chi connectivity index (χ1n) is 9.78. The molecular formula is C19H28N6O2. The average molecular weight is 372 g/mol. The van der Waals surface area contributed by atoms with Crippen molar-refractivity contribution in [2.24, 2.45) is 5.92 Å². The second-order valence-corrected chi connectivity index (χ2v) is 7.97. The standard InChI is InChI=1S/C19H28N6O2/c1-24-7-3-14(4-8-24)18-20-11-16(22-18)19(27)23-15-9-13(10-17(15)26)12-25-6-2-5-21-25/h2,5-6,11,13-15,17,26H,3-4,7-10,12H2,1H3,(H,20,22)(H,23,27)/t13?,15-,17-/m1/s1. The number of hydrogen-bond acceptors (Lipinski definition) is 5. The smallest absolute Gasteiger partial charge is 0.269 e. The van der Waals surface area contributed by atoms with Crippen molar-refractivity contribution >= 4 is 5.91 Å². The first kappa shape index (κ1) is 18.2. The van der Waals surface area contributed by atoms with Gasteiger partial charge in [0.1, 0.15) is 11.5 Å². The Kier molecular flexibility index (Phi) is 5.27. The number of carbonyl (C=O) groups excluding carboxylic acids is 1. The zero-order chi connectivity index (χ0) is 18.8. The number of likely N-dealkylation sites (tertiary alicyclic amines) is 1. The van der Waals surface area contributed by atoms with Gasteiger partial charge in [0.15, 0.2) is 0 Å². The van der Waals surface area contributed by atoms with E-state index in [1.165, 1.54) is 0 Å². The summed E-state index contributed by atoms with van der Waals surface area (Å²) in [6, 6.07) is 1.67. The second-order valence-electron chi connectivity index (χ2n) is 7.97. The van der Waals surface area contributed by atoms with Crippen LogP contribution in [0.4, 0.5) is 0 Å². The van der Waals surface area contributed by atoms with Crippen molar-refractivity contribution < 1.29 is 9.90 Å². The molecule has 0 radical (unpaired) electrons. The summed E-state index contributed by atoms with van der Waals surface area (Å²) in [5.74, 6) is 1.40. The third kappa shape index (κ3) is 4.22. The molecule has 3 atom stereocenters. The number of piperidine rings is 1. The Bertz CT molecular complexity index is 750. The summed E-state index contributed by atoms with van der Waals surface area (Å²) < 4.78 is 1.88. The average Bonchev–Trinajstić information content (AvgIpc) is 3.38. The van der Waals surface area contributed by atoms with Crippen LogP contribution in [-0.2, 0) is 6.54 Å². The number of H-pyrrole nitrogens is 1.